The zero-order chi connectivity index (χ0) is 12.8. The largest absolute Gasteiger partial charge is 0.330 e. The van der Waals surface area contributed by atoms with Gasteiger partial charge in [0, 0.05) is 6.07 Å². The maximum Gasteiger partial charge on any atom is 0.304 e. The van der Waals surface area contributed by atoms with E-state index >= 15 is 0 Å². The lowest BCUT2D eigenvalue weighted by Crippen LogP contribution is -2.05. The first kappa shape index (κ1) is 12.0. The van der Waals surface area contributed by atoms with Gasteiger partial charge in [-0.2, -0.15) is 4.39 Å². The average Bonchev–Trinajstić information content (AvgIpc) is 2.79. The molecule has 2 rings (SSSR count). The van der Waals surface area contributed by atoms with Gasteiger partial charge in [0.2, 0.25) is 5.82 Å². The van der Waals surface area contributed by atoms with Gasteiger partial charge in [0.15, 0.2) is 0 Å². The molecule has 0 bridgehead atoms. The molecule has 0 saturated heterocycles. The highest BCUT2D eigenvalue weighted by molar-refractivity contribution is 5.40. The van der Waals surface area contributed by atoms with Crippen molar-refractivity contribution in [3.63, 3.8) is 0 Å². The number of nitrogens with two attached hydrogens (primary N) is 1. The van der Waals surface area contributed by atoms with Crippen molar-refractivity contribution in [3.8, 4) is 0 Å². The van der Waals surface area contributed by atoms with Gasteiger partial charge in [-0.1, -0.05) is 19.9 Å². The van der Waals surface area contributed by atoms with Crippen LogP contribution in [0, 0.1) is 27.3 Å². The Morgan fingerprint density at radius 1 is 1.53 bits per heavy atom. The average molecular weight is 238 g/mol. The first-order valence-corrected chi connectivity index (χ1v) is 5.53. The molecule has 17 heavy (non-hydrogen) atoms. The number of nitrogens with zero attached hydrogens (tertiary/aromatic N) is 1. The number of nitro benzene ring substituents is 1. The van der Waals surface area contributed by atoms with Gasteiger partial charge in [-0.05, 0) is 35.4 Å². The Kier molecular flexibility index (Phi) is 2.66. The molecule has 1 aliphatic carbocycles. The third kappa shape index (κ3) is 1.80. The minimum absolute atomic E-state index is 0.0529. The molecule has 0 heterocycles. The highest BCUT2D eigenvalue weighted by Crippen LogP contribution is 2.63. The highest BCUT2D eigenvalue weighted by Gasteiger charge is 2.57. The summed E-state index contributed by atoms with van der Waals surface area (Å²) in [6.45, 7) is 4.71. The van der Waals surface area contributed by atoms with Crippen molar-refractivity contribution in [2.45, 2.75) is 19.8 Å². The van der Waals surface area contributed by atoms with Gasteiger partial charge < -0.3 is 5.73 Å². The lowest BCUT2D eigenvalue weighted by Gasteiger charge is -2.03. The number of hydrogen-bond acceptors (Lipinski definition) is 3. The molecular formula is C12H15FN2O2. The van der Waals surface area contributed by atoms with Crippen molar-refractivity contribution in [2.24, 2.45) is 17.1 Å². The van der Waals surface area contributed by atoms with Crippen LogP contribution in [-0.2, 0) is 0 Å². The number of halogens is 1. The van der Waals surface area contributed by atoms with Crippen molar-refractivity contribution < 1.29 is 9.31 Å². The predicted octanol–water partition coefficient (Wildman–Crippen LogP) is 2.43. The Morgan fingerprint density at radius 3 is 2.59 bits per heavy atom. The van der Waals surface area contributed by atoms with E-state index in [-0.39, 0.29) is 11.3 Å². The summed E-state index contributed by atoms with van der Waals surface area (Å²) < 4.78 is 13.5. The molecule has 92 valence electrons. The van der Waals surface area contributed by atoms with Crippen molar-refractivity contribution in [1.29, 1.82) is 0 Å². The van der Waals surface area contributed by atoms with Crippen LogP contribution in [-0.4, -0.2) is 11.5 Å². The monoisotopic (exact) mass is 238 g/mol. The normalized spacial score (nSPS) is 25.6. The van der Waals surface area contributed by atoms with Gasteiger partial charge in [0.25, 0.3) is 0 Å². The Balaban J connectivity index is 2.31. The maximum absolute atomic E-state index is 13.5. The molecule has 0 aromatic heterocycles. The Hall–Kier alpha value is -1.49. The van der Waals surface area contributed by atoms with E-state index in [2.05, 4.69) is 13.8 Å². The molecular weight excluding hydrogens is 223 g/mol. The van der Waals surface area contributed by atoms with Gasteiger partial charge >= 0.3 is 5.69 Å². The van der Waals surface area contributed by atoms with Crippen molar-refractivity contribution in [2.75, 3.05) is 6.54 Å². The fourth-order valence-electron chi connectivity index (χ4n) is 2.71. The molecule has 0 spiro atoms. The van der Waals surface area contributed by atoms with E-state index in [4.69, 9.17) is 5.73 Å². The fraction of sp³-hybridized carbons (Fsp3) is 0.500. The Morgan fingerprint density at radius 2 is 2.18 bits per heavy atom. The van der Waals surface area contributed by atoms with E-state index in [9.17, 15) is 14.5 Å². The summed E-state index contributed by atoms with van der Waals surface area (Å²) in [6, 6.07) is 4.12. The van der Waals surface area contributed by atoms with E-state index in [1.807, 2.05) is 0 Å². The summed E-state index contributed by atoms with van der Waals surface area (Å²) in [4.78, 5) is 9.80. The molecule has 0 unspecified atom stereocenters. The smallest absolute Gasteiger partial charge is 0.304 e. The Labute approximate surface area is 98.8 Å². The fourth-order valence-corrected chi connectivity index (χ4v) is 2.71. The van der Waals surface area contributed by atoms with Crippen LogP contribution in [0.1, 0.15) is 25.3 Å². The summed E-state index contributed by atoms with van der Waals surface area (Å²) in [5.41, 5.74) is 6.03. The summed E-state index contributed by atoms with van der Waals surface area (Å²) in [7, 11) is 0. The minimum Gasteiger partial charge on any atom is -0.330 e. The lowest BCUT2D eigenvalue weighted by molar-refractivity contribution is -0.387. The summed E-state index contributed by atoms with van der Waals surface area (Å²) in [6.07, 6.45) is 0. The number of benzene rings is 1. The quantitative estimate of drug-likeness (QED) is 0.649. The van der Waals surface area contributed by atoms with Crippen molar-refractivity contribution >= 4 is 5.69 Å². The topological polar surface area (TPSA) is 69.2 Å². The number of rotatable bonds is 3. The molecule has 1 fully saturated rings. The SMILES string of the molecule is CC1(C)[C@H](CN)[C@H]1c1ccc([N+](=O)[O-])c(F)c1. The molecule has 5 heteroatoms. The first-order valence-electron chi connectivity index (χ1n) is 5.53. The highest BCUT2D eigenvalue weighted by atomic mass is 19.1. The summed E-state index contributed by atoms with van der Waals surface area (Å²) in [5, 5.41) is 10.5. The van der Waals surface area contributed by atoms with Gasteiger partial charge in [-0.15, -0.1) is 0 Å². The van der Waals surface area contributed by atoms with E-state index in [0.29, 0.717) is 12.5 Å². The van der Waals surface area contributed by atoms with Crippen LogP contribution >= 0.6 is 0 Å². The third-order valence-corrected chi connectivity index (χ3v) is 3.83. The van der Waals surface area contributed by atoms with E-state index in [0.717, 1.165) is 5.56 Å². The molecule has 1 saturated carbocycles. The molecule has 2 atom stereocenters. The van der Waals surface area contributed by atoms with Gasteiger partial charge in [-0.3, -0.25) is 10.1 Å². The molecule has 4 nitrogen and oxygen atoms in total. The second-order valence-corrected chi connectivity index (χ2v) is 5.11. The van der Waals surface area contributed by atoms with Gasteiger partial charge in [-0.25, -0.2) is 0 Å². The standard InChI is InChI=1S/C12H15FN2O2/c1-12(2)8(6-14)11(12)7-3-4-10(15(16)17)9(13)5-7/h3-5,8,11H,6,14H2,1-2H3/t8-,11-/m1/s1. The van der Waals surface area contributed by atoms with Crippen LogP contribution in [0.15, 0.2) is 18.2 Å². The minimum atomic E-state index is -0.772. The van der Waals surface area contributed by atoms with Crippen molar-refractivity contribution in [3.05, 3.63) is 39.7 Å². The summed E-state index contributed by atoms with van der Waals surface area (Å²) >= 11 is 0. The molecule has 0 radical (unpaired) electrons. The number of nitro groups is 1. The molecule has 1 aliphatic rings. The van der Waals surface area contributed by atoms with Crippen LogP contribution in [0.25, 0.3) is 0 Å². The van der Waals surface area contributed by atoms with Crippen LogP contribution in [0.3, 0.4) is 0 Å². The Bertz CT molecular complexity index is 474. The lowest BCUT2D eigenvalue weighted by atomic mass is 10.0. The van der Waals surface area contributed by atoms with E-state index < -0.39 is 16.4 Å². The molecule has 1 aromatic rings. The summed E-state index contributed by atoms with van der Waals surface area (Å²) in [5.74, 6) is -0.253. The zero-order valence-corrected chi connectivity index (χ0v) is 9.81. The van der Waals surface area contributed by atoms with Gasteiger partial charge in [0.05, 0.1) is 4.92 Å². The van der Waals surface area contributed by atoms with E-state index in [1.165, 1.54) is 12.1 Å². The third-order valence-electron chi connectivity index (χ3n) is 3.83. The van der Waals surface area contributed by atoms with Crippen LogP contribution in [0.2, 0.25) is 0 Å². The second kappa shape index (κ2) is 3.77. The van der Waals surface area contributed by atoms with Crippen LogP contribution < -0.4 is 5.73 Å². The van der Waals surface area contributed by atoms with Gasteiger partial charge in [0.1, 0.15) is 0 Å². The van der Waals surface area contributed by atoms with Crippen LogP contribution in [0.4, 0.5) is 10.1 Å². The molecule has 0 aliphatic heterocycles. The van der Waals surface area contributed by atoms with Crippen LogP contribution in [0.5, 0.6) is 0 Å². The number of hydrogen-bond donors (Lipinski definition) is 1. The second-order valence-electron chi connectivity index (χ2n) is 5.11. The molecule has 0 amide bonds. The first-order chi connectivity index (χ1) is 7.89. The zero-order valence-electron chi connectivity index (χ0n) is 9.81. The molecule has 1 aromatic carbocycles. The van der Waals surface area contributed by atoms with E-state index in [1.54, 1.807) is 6.07 Å². The molecule has 2 N–H and O–H groups in total. The van der Waals surface area contributed by atoms with Crippen molar-refractivity contribution in [1.82, 2.24) is 0 Å². The maximum atomic E-state index is 13.5. The predicted molar refractivity (Wildman–Crippen MR) is 62.1 cm³/mol.